The summed E-state index contributed by atoms with van der Waals surface area (Å²) in [5, 5.41) is 6.77. The van der Waals surface area contributed by atoms with Crippen molar-refractivity contribution in [1.29, 1.82) is 0 Å². The second-order valence-electron chi connectivity index (χ2n) is 6.59. The van der Waals surface area contributed by atoms with E-state index in [1.54, 1.807) is 7.11 Å². The monoisotopic (exact) mass is 348 g/mol. The number of hydrogen-bond donors (Lipinski definition) is 2. The zero-order valence-electron chi connectivity index (χ0n) is 16.5. The summed E-state index contributed by atoms with van der Waals surface area (Å²) in [6.07, 6.45) is 7.39. The molecule has 0 saturated carbocycles. The van der Waals surface area contributed by atoms with E-state index < -0.39 is 0 Å². The molecule has 0 aliphatic carbocycles. The molecule has 0 aromatic heterocycles. The van der Waals surface area contributed by atoms with E-state index in [4.69, 9.17) is 4.74 Å². The molecule has 1 aromatic rings. The third kappa shape index (κ3) is 10.7. The smallest absolute Gasteiger partial charge is 0.190 e. The van der Waals surface area contributed by atoms with Crippen LogP contribution in [0.25, 0.3) is 0 Å². The summed E-state index contributed by atoms with van der Waals surface area (Å²) >= 11 is 0. The Balaban J connectivity index is 2.06. The van der Waals surface area contributed by atoms with Crippen molar-refractivity contribution in [3.8, 4) is 5.75 Å². The van der Waals surface area contributed by atoms with Crippen molar-refractivity contribution in [1.82, 2.24) is 15.5 Å². The maximum Gasteiger partial charge on any atom is 0.190 e. The second kappa shape index (κ2) is 13.5. The summed E-state index contributed by atoms with van der Waals surface area (Å²) in [5.74, 6) is 1.79. The van der Waals surface area contributed by atoms with Crippen LogP contribution in [0.4, 0.5) is 0 Å². The molecule has 0 fully saturated rings. The molecule has 0 heterocycles. The van der Waals surface area contributed by atoms with Crippen LogP contribution in [0.3, 0.4) is 0 Å². The Morgan fingerprint density at radius 1 is 0.960 bits per heavy atom. The highest BCUT2D eigenvalue weighted by Gasteiger charge is 1.99. The molecule has 25 heavy (non-hydrogen) atoms. The number of benzene rings is 1. The number of unbranched alkanes of at least 4 members (excludes halogenated alkanes) is 4. The van der Waals surface area contributed by atoms with Crippen molar-refractivity contribution >= 4 is 5.96 Å². The largest absolute Gasteiger partial charge is 0.497 e. The van der Waals surface area contributed by atoms with Gasteiger partial charge in [0.25, 0.3) is 0 Å². The van der Waals surface area contributed by atoms with Crippen LogP contribution in [0.15, 0.2) is 29.3 Å². The van der Waals surface area contributed by atoms with Gasteiger partial charge in [-0.3, -0.25) is 4.99 Å². The number of methoxy groups -OCH3 is 1. The summed E-state index contributed by atoms with van der Waals surface area (Å²) in [6.45, 7) is 3.05. The number of hydrogen-bond acceptors (Lipinski definition) is 3. The average Bonchev–Trinajstić information content (AvgIpc) is 2.62. The van der Waals surface area contributed by atoms with Gasteiger partial charge in [-0.15, -0.1) is 0 Å². The lowest BCUT2D eigenvalue weighted by molar-refractivity contribution is 0.389. The standard InChI is InChI=1S/C20H36N4O/c1-21-20(22-15-8-6-5-7-9-17-24(2)3)23-16-14-18-10-12-19(25-4)13-11-18/h10-13H,5-9,14-17H2,1-4H3,(H2,21,22,23). The van der Waals surface area contributed by atoms with Crippen LogP contribution in [0.5, 0.6) is 5.75 Å². The molecule has 0 atom stereocenters. The van der Waals surface area contributed by atoms with Gasteiger partial charge in [-0.25, -0.2) is 0 Å². The molecule has 5 nitrogen and oxygen atoms in total. The molecule has 0 amide bonds. The van der Waals surface area contributed by atoms with E-state index in [0.717, 1.165) is 31.2 Å². The number of nitrogens with zero attached hydrogens (tertiary/aromatic N) is 2. The van der Waals surface area contributed by atoms with E-state index in [1.165, 1.54) is 44.2 Å². The number of nitrogens with one attached hydrogen (secondary N) is 2. The fraction of sp³-hybridized carbons (Fsp3) is 0.650. The number of ether oxygens (including phenoxy) is 1. The van der Waals surface area contributed by atoms with Crippen molar-refractivity contribution in [2.75, 3.05) is 47.9 Å². The summed E-state index contributed by atoms with van der Waals surface area (Å²) < 4.78 is 5.18. The number of guanidine groups is 1. The van der Waals surface area contributed by atoms with Gasteiger partial charge in [-0.05, 0) is 57.6 Å². The maximum atomic E-state index is 5.18. The predicted molar refractivity (Wildman–Crippen MR) is 108 cm³/mol. The Kier molecular flexibility index (Phi) is 11.5. The van der Waals surface area contributed by atoms with E-state index in [-0.39, 0.29) is 0 Å². The molecule has 0 radical (unpaired) electrons. The van der Waals surface area contributed by atoms with Gasteiger partial charge < -0.3 is 20.3 Å². The third-order valence-corrected chi connectivity index (χ3v) is 4.16. The van der Waals surface area contributed by atoms with Crippen LogP contribution in [-0.2, 0) is 6.42 Å². The van der Waals surface area contributed by atoms with Gasteiger partial charge in [0.05, 0.1) is 7.11 Å². The lowest BCUT2D eigenvalue weighted by Crippen LogP contribution is -2.38. The highest BCUT2D eigenvalue weighted by Crippen LogP contribution is 2.11. The molecule has 0 aliphatic heterocycles. The molecular formula is C20H36N4O. The van der Waals surface area contributed by atoms with Crippen LogP contribution in [-0.4, -0.2) is 58.7 Å². The molecule has 0 unspecified atom stereocenters. The van der Waals surface area contributed by atoms with E-state index in [1.807, 2.05) is 19.2 Å². The summed E-state index contributed by atoms with van der Waals surface area (Å²) in [4.78, 5) is 6.54. The van der Waals surface area contributed by atoms with Gasteiger partial charge >= 0.3 is 0 Å². The van der Waals surface area contributed by atoms with E-state index in [2.05, 4.69) is 46.8 Å². The highest BCUT2D eigenvalue weighted by molar-refractivity contribution is 5.79. The van der Waals surface area contributed by atoms with Gasteiger partial charge in [-0.2, -0.15) is 0 Å². The zero-order valence-corrected chi connectivity index (χ0v) is 16.5. The van der Waals surface area contributed by atoms with Crippen molar-refractivity contribution in [3.05, 3.63) is 29.8 Å². The Bertz CT molecular complexity index is 471. The molecule has 5 heteroatoms. The van der Waals surface area contributed by atoms with Crippen LogP contribution < -0.4 is 15.4 Å². The number of rotatable bonds is 12. The molecule has 0 bridgehead atoms. The zero-order chi connectivity index (χ0) is 18.3. The van der Waals surface area contributed by atoms with Gasteiger partial charge in [0.1, 0.15) is 5.75 Å². The molecule has 0 spiro atoms. The fourth-order valence-corrected chi connectivity index (χ4v) is 2.63. The Morgan fingerprint density at radius 2 is 1.60 bits per heavy atom. The van der Waals surface area contributed by atoms with Gasteiger partial charge in [0.2, 0.25) is 0 Å². The van der Waals surface area contributed by atoms with Crippen molar-refractivity contribution in [2.24, 2.45) is 4.99 Å². The normalized spacial score (nSPS) is 11.6. The van der Waals surface area contributed by atoms with Crippen molar-refractivity contribution in [2.45, 2.75) is 38.5 Å². The quantitative estimate of drug-likeness (QED) is 0.346. The number of aliphatic imine (C=N–C) groups is 1. The Labute approximate surface area is 153 Å². The summed E-state index contributed by atoms with van der Waals surface area (Å²) in [6, 6.07) is 8.21. The fourth-order valence-electron chi connectivity index (χ4n) is 2.63. The Hall–Kier alpha value is -1.75. The van der Waals surface area contributed by atoms with E-state index in [9.17, 15) is 0 Å². The Morgan fingerprint density at radius 3 is 2.24 bits per heavy atom. The van der Waals surface area contributed by atoms with E-state index in [0.29, 0.717) is 0 Å². The minimum absolute atomic E-state index is 0.872. The second-order valence-corrected chi connectivity index (χ2v) is 6.59. The molecule has 0 saturated heterocycles. The third-order valence-electron chi connectivity index (χ3n) is 4.16. The first-order valence-electron chi connectivity index (χ1n) is 9.38. The van der Waals surface area contributed by atoms with Gasteiger partial charge in [-0.1, -0.05) is 31.4 Å². The van der Waals surface area contributed by atoms with Crippen molar-refractivity contribution < 1.29 is 4.74 Å². The first kappa shape index (κ1) is 21.3. The van der Waals surface area contributed by atoms with Gasteiger partial charge in [0, 0.05) is 20.1 Å². The van der Waals surface area contributed by atoms with Gasteiger partial charge in [0.15, 0.2) is 5.96 Å². The summed E-state index contributed by atoms with van der Waals surface area (Å²) in [7, 11) is 7.79. The van der Waals surface area contributed by atoms with Crippen LogP contribution in [0, 0.1) is 0 Å². The maximum absolute atomic E-state index is 5.18. The lowest BCUT2D eigenvalue weighted by atomic mass is 10.1. The van der Waals surface area contributed by atoms with Crippen LogP contribution in [0.1, 0.15) is 37.7 Å². The first-order chi connectivity index (χ1) is 12.2. The predicted octanol–water partition coefficient (Wildman–Crippen LogP) is 2.91. The van der Waals surface area contributed by atoms with Crippen LogP contribution >= 0.6 is 0 Å². The molecule has 0 aliphatic rings. The van der Waals surface area contributed by atoms with E-state index >= 15 is 0 Å². The minimum Gasteiger partial charge on any atom is -0.497 e. The van der Waals surface area contributed by atoms with Crippen LogP contribution in [0.2, 0.25) is 0 Å². The molecule has 1 rings (SSSR count). The highest BCUT2D eigenvalue weighted by atomic mass is 16.5. The average molecular weight is 349 g/mol. The molecule has 142 valence electrons. The minimum atomic E-state index is 0.872. The lowest BCUT2D eigenvalue weighted by Gasteiger charge is -2.12. The molecular weight excluding hydrogens is 312 g/mol. The molecule has 2 N–H and O–H groups in total. The topological polar surface area (TPSA) is 48.9 Å². The first-order valence-corrected chi connectivity index (χ1v) is 9.38. The summed E-state index contributed by atoms with van der Waals surface area (Å²) in [5.41, 5.74) is 1.29. The molecule has 1 aromatic carbocycles. The SMILES string of the molecule is CN=C(NCCCCCCCN(C)C)NCCc1ccc(OC)cc1. The van der Waals surface area contributed by atoms with Crippen molar-refractivity contribution in [3.63, 3.8) is 0 Å².